The Bertz CT molecular complexity index is 274. The standard InChI is InChI=1S/C10H14O2S/c11-9-5-4-8(10(12)7-9)3-1-2-6-13/h4-5,7,11-13H,1-3,6H2. The molecule has 1 aromatic carbocycles. The van der Waals surface area contributed by atoms with E-state index in [9.17, 15) is 5.11 Å². The molecule has 0 spiro atoms. The number of phenols is 2. The topological polar surface area (TPSA) is 40.5 Å². The summed E-state index contributed by atoms with van der Waals surface area (Å²) in [4.78, 5) is 0. The highest BCUT2D eigenvalue weighted by Crippen LogP contribution is 2.23. The maximum Gasteiger partial charge on any atom is 0.122 e. The Kier molecular flexibility index (Phi) is 3.96. The van der Waals surface area contributed by atoms with E-state index in [-0.39, 0.29) is 11.5 Å². The van der Waals surface area contributed by atoms with Crippen LogP contribution in [-0.2, 0) is 6.42 Å². The van der Waals surface area contributed by atoms with Crippen LogP contribution >= 0.6 is 12.6 Å². The molecule has 2 N–H and O–H groups in total. The molecule has 0 radical (unpaired) electrons. The lowest BCUT2D eigenvalue weighted by atomic mass is 10.1. The van der Waals surface area contributed by atoms with Gasteiger partial charge in [-0.05, 0) is 36.6 Å². The van der Waals surface area contributed by atoms with Crippen molar-refractivity contribution in [1.82, 2.24) is 0 Å². The molecule has 0 aliphatic heterocycles. The van der Waals surface area contributed by atoms with Crippen molar-refractivity contribution in [3.63, 3.8) is 0 Å². The summed E-state index contributed by atoms with van der Waals surface area (Å²) in [6, 6.07) is 4.72. The summed E-state index contributed by atoms with van der Waals surface area (Å²) in [6.07, 6.45) is 2.90. The molecule has 0 aromatic heterocycles. The first-order valence-electron chi connectivity index (χ1n) is 4.36. The fourth-order valence-electron chi connectivity index (χ4n) is 1.19. The van der Waals surface area contributed by atoms with Gasteiger partial charge in [0, 0.05) is 6.07 Å². The largest absolute Gasteiger partial charge is 0.508 e. The molecule has 3 heteroatoms. The van der Waals surface area contributed by atoms with Gasteiger partial charge in [-0.15, -0.1) is 0 Å². The van der Waals surface area contributed by atoms with Crippen LogP contribution in [0.3, 0.4) is 0 Å². The summed E-state index contributed by atoms with van der Waals surface area (Å²) >= 11 is 4.11. The van der Waals surface area contributed by atoms with Gasteiger partial charge in [0.15, 0.2) is 0 Å². The van der Waals surface area contributed by atoms with Gasteiger partial charge >= 0.3 is 0 Å². The van der Waals surface area contributed by atoms with Gasteiger partial charge in [-0.3, -0.25) is 0 Å². The average Bonchev–Trinajstić information content (AvgIpc) is 2.09. The number of rotatable bonds is 4. The first-order valence-corrected chi connectivity index (χ1v) is 4.99. The van der Waals surface area contributed by atoms with Crippen LogP contribution < -0.4 is 0 Å². The predicted octanol–water partition coefficient (Wildman–Crippen LogP) is 2.35. The van der Waals surface area contributed by atoms with Gasteiger partial charge in [-0.25, -0.2) is 0 Å². The molecule has 0 aliphatic carbocycles. The molecule has 0 saturated heterocycles. The van der Waals surface area contributed by atoms with Crippen molar-refractivity contribution < 1.29 is 10.2 Å². The highest BCUT2D eigenvalue weighted by molar-refractivity contribution is 7.80. The number of unbranched alkanes of at least 4 members (excludes halogenated alkanes) is 1. The Balaban J connectivity index is 2.56. The molecule has 0 aliphatic rings. The van der Waals surface area contributed by atoms with E-state index in [0.29, 0.717) is 0 Å². The number of hydrogen-bond acceptors (Lipinski definition) is 3. The molecule has 0 saturated carbocycles. The monoisotopic (exact) mass is 198 g/mol. The predicted molar refractivity (Wildman–Crippen MR) is 56.6 cm³/mol. The average molecular weight is 198 g/mol. The summed E-state index contributed by atoms with van der Waals surface area (Å²) in [7, 11) is 0. The minimum absolute atomic E-state index is 0.107. The van der Waals surface area contributed by atoms with E-state index in [4.69, 9.17) is 5.11 Å². The molecule has 1 rings (SSSR count). The fraction of sp³-hybridized carbons (Fsp3) is 0.400. The van der Waals surface area contributed by atoms with E-state index in [1.165, 1.54) is 6.07 Å². The molecule has 0 amide bonds. The van der Waals surface area contributed by atoms with E-state index >= 15 is 0 Å². The number of aryl methyl sites for hydroxylation is 1. The number of aromatic hydroxyl groups is 2. The third-order valence-electron chi connectivity index (χ3n) is 1.92. The van der Waals surface area contributed by atoms with Gasteiger partial charge < -0.3 is 10.2 Å². The van der Waals surface area contributed by atoms with E-state index < -0.39 is 0 Å². The zero-order valence-electron chi connectivity index (χ0n) is 7.40. The molecule has 0 fully saturated rings. The zero-order valence-corrected chi connectivity index (χ0v) is 8.30. The van der Waals surface area contributed by atoms with Crippen LogP contribution in [0.15, 0.2) is 18.2 Å². The SMILES string of the molecule is Oc1ccc(CCCCS)c(O)c1. The fourth-order valence-corrected chi connectivity index (χ4v) is 1.41. The van der Waals surface area contributed by atoms with E-state index in [2.05, 4.69) is 12.6 Å². The molecule has 13 heavy (non-hydrogen) atoms. The van der Waals surface area contributed by atoms with Crippen molar-refractivity contribution >= 4 is 12.6 Å². The summed E-state index contributed by atoms with van der Waals surface area (Å²) in [5.74, 6) is 1.16. The molecule has 72 valence electrons. The number of phenolic OH excluding ortho intramolecular Hbond substituents is 2. The van der Waals surface area contributed by atoms with Crippen molar-refractivity contribution in [2.45, 2.75) is 19.3 Å². The Labute approximate surface area is 83.6 Å². The first-order chi connectivity index (χ1) is 6.24. The maximum atomic E-state index is 9.41. The molecular formula is C10H14O2S. The molecule has 0 bridgehead atoms. The van der Waals surface area contributed by atoms with Gasteiger partial charge in [-0.1, -0.05) is 6.07 Å². The number of hydrogen-bond donors (Lipinski definition) is 3. The molecular weight excluding hydrogens is 184 g/mol. The second kappa shape index (κ2) is 5.02. The smallest absolute Gasteiger partial charge is 0.122 e. The van der Waals surface area contributed by atoms with Crippen molar-refractivity contribution in [2.24, 2.45) is 0 Å². The molecule has 1 aromatic rings. The van der Waals surface area contributed by atoms with Gasteiger partial charge in [-0.2, -0.15) is 12.6 Å². The van der Waals surface area contributed by atoms with Gasteiger partial charge in [0.2, 0.25) is 0 Å². The number of benzene rings is 1. The van der Waals surface area contributed by atoms with Crippen molar-refractivity contribution in [3.8, 4) is 11.5 Å². The van der Waals surface area contributed by atoms with Crippen LogP contribution in [0.5, 0.6) is 11.5 Å². The van der Waals surface area contributed by atoms with Crippen LogP contribution in [-0.4, -0.2) is 16.0 Å². The summed E-state index contributed by atoms with van der Waals surface area (Å²) < 4.78 is 0. The van der Waals surface area contributed by atoms with Crippen molar-refractivity contribution in [1.29, 1.82) is 0 Å². The van der Waals surface area contributed by atoms with Crippen LogP contribution in [0.1, 0.15) is 18.4 Å². The molecule has 0 atom stereocenters. The quantitative estimate of drug-likeness (QED) is 0.513. The second-order valence-electron chi connectivity index (χ2n) is 2.99. The van der Waals surface area contributed by atoms with Gasteiger partial charge in [0.1, 0.15) is 11.5 Å². The maximum absolute atomic E-state index is 9.41. The van der Waals surface area contributed by atoms with Gasteiger partial charge in [0.25, 0.3) is 0 Å². The van der Waals surface area contributed by atoms with E-state index in [1.54, 1.807) is 12.1 Å². The molecule has 2 nitrogen and oxygen atoms in total. The van der Waals surface area contributed by atoms with Crippen molar-refractivity contribution in [2.75, 3.05) is 5.75 Å². The molecule has 0 heterocycles. The Morgan fingerprint density at radius 3 is 2.54 bits per heavy atom. The highest BCUT2D eigenvalue weighted by Gasteiger charge is 2.01. The summed E-state index contributed by atoms with van der Waals surface area (Å²) in [5.41, 5.74) is 0.889. The Morgan fingerprint density at radius 2 is 1.92 bits per heavy atom. The van der Waals surface area contributed by atoms with Crippen LogP contribution in [0.25, 0.3) is 0 Å². The van der Waals surface area contributed by atoms with E-state index in [1.807, 2.05) is 0 Å². The summed E-state index contributed by atoms with van der Waals surface area (Å²) in [5, 5.41) is 18.4. The lowest BCUT2D eigenvalue weighted by molar-refractivity contribution is 0.445. The molecule has 0 unspecified atom stereocenters. The zero-order chi connectivity index (χ0) is 9.68. The van der Waals surface area contributed by atoms with Gasteiger partial charge in [0.05, 0.1) is 0 Å². The Morgan fingerprint density at radius 1 is 1.15 bits per heavy atom. The summed E-state index contributed by atoms with van der Waals surface area (Å²) in [6.45, 7) is 0. The third-order valence-corrected chi connectivity index (χ3v) is 2.24. The van der Waals surface area contributed by atoms with E-state index in [0.717, 1.165) is 30.6 Å². The normalized spacial score (nSPS) is 10.2. The second-order valence-corrected chi connectivity index (χ2v) is 3.44. The van der Waals surface area contributed by atoms with Crippen LogP contribution in [0.4, 0.5) is 0 Å². The first kappa shape index (κ1) is 10.3. The van der Waals surface area contributed by atoms with Crippen LogP contribution in [0, 0.1) is 0 Å². The lowest BCUT2D eigenvalue weighted by Gasteiger charge is -2.03. The highest BCUT2D eigenvalue weighted by atomic mass is 32.1. The number of thiol groups is 1. The Hall–Kier alpha value is -0.830. The minimum Gasteiger partial charge on any atom is -0.508 e. The van der Waals surface area contributed by atoms with Crippen molar-refractivity contribution in [3.05, 3.63) is 23.8 Å². The van der Waals surface area contributed by atoms with Crippen LogP contribution in [0.2, 0.25) is 0 Å². The third kappa shape index (κ3) is 3.19. The minimum atomic E-state index is 0.107. The lowest BCUT2D eigenvalue weighted by Crippen LogP contribution is -1.86.